The van der Waals surface area contributed by atoms with Crippen LogP contribution in [0.15, 0.2) is 56.0 Å². The molecule has 0 fully saturated rings. The van der Waals surface area contributed by atoms with Crippen molar-refractivity contribution in [2.24, 2.45) is 0 Å². The molecule has 0 bridgehead atoms. The van der Waals surface area contributed by atoms with Gasteiger partial charge in [-0.25, -0.2) is 16.8 Å². The molecule has 0 amide bonds. The summed E-state index contributed by atoms with van der Waals surface area (Å²) in [7, 11) is -7.26. The molecule has 0 atom stereocenters. The van der Waals surface area contributed by atoms with Crippen molar-refractivity contribution in [1.29, 1.82) is 10.5 Å². The van der Waals surface area contributed by atoms with Gasteiger partial charge in [-0.1, -0.05) is 11.8 Å². The van der Waals surface area contributed by atoms with E-state index in [1.807, 2.05) is 12.1 Å². The van der Waals surface area contributed by atoms with Gasteiger partial charge in [-0.2, -0.15) is 10.5 Å². The Labute approximate surface area is 163 Å². The zero-order valence-corrected chi connectivity index (χ0v) is 17.6. The van der Waals surface area contributed by atoms with Gasteiger partial charge in [0.2, 0.25) is 16.5 Å². The lowest BCUT2D eigenvalue weighted by Crippen LogP contribution is -1.94. The first-order chi connectivity index (χ1) is 11.6. The van der Waals surface area contributed by atoms with Gasteiger partial charge in [-0.15, -0.1) is 0 Å². The van der Waals surface area contributed by atoms with E-state index >= 15 is 0 Å². The van der Waals surface area contributed by atoms with Crippen LogP contribution in [0.2, 0.25) is 0 Å². The minimum atomic E-state index is -3.63. The second kappa shape index (κ2) is 7.48. The summed E-state index contributed by atoms with van der Waals surface area (Å²) >= 11 is 6.15. The third-order valence-corrected chi connectivity index (χ3v) is 7.95. The number of nitrogens with zero attached hydrogens (tertiary/aromatic N) is 2. The molecule has 0 saturated carbocycles. The molecule has 2 aromatic rings. The van der Waals surface area contributed by atoms with Crippen molar-refractivity contribution in [2.75, 3.05) is 0 Å². The molecule has 0 aromatic heterocycles. The van der Waals surface area contributed by atoms with Crippen LogP contribution < -0.4 is 0 Å². The van der Waals surface area contributed by atoms with Gasteiger partial charge < -0.3 is 0 Å². The number of rotatable bonds is 4. The van der Waals surface area contributed by atoms with Crippen molar-refractivity contribution in [3.63, 3.8) is 0 Å². The molecule has 6 nitrogen and oxygen atoms in total. The third kappa shape index (κ3) is 4.84. The van der Waals surface area contributed by atoms with E-state index in [-0.39, 0.29) is 20.9 Å². The lowest BCUT2D eigenvalue weighted by molar-refractivity contribution is 0.609. The molecular formula is C14H6Br2N2O4S3. The molecule has 0 N–H and O–H groups in total. The largest absolute Gasteiger partial charge is 0.237 e. The Morgan fingerprint density at radius 2 is 1.12 bits per heavy atom. The van der Waals surface area contributed by atoms with Gasteiger partial charge in [-0.05, 0) is 36.4 Å². The van der Waals surface area contributed by atoms with Gasteiger partial charge in [-0.3, -0.25) is 0 Å². The molecule has 0 saturated heterocycles. The van der Waals surface area contributed by atoms with Gasteiger partial charge in [0.1, 0.15) is 12.1 Å². The Balaban J connectivity index is 2.51. The zero-order valence-electron chi connectivity index (χ0n) is 12.0. The summed E-state index contributed by atoms with van der Waals surface area (Å²) in [5.41, 5.74) is 0.234. The minimum Gasteiger partial charge on any atom is -0.212 e. The van der Waals surface area contributed by atoms with Crippen LogP contribution in [-0.4, -0.2) is 16.8 Å². The van der Waals surface area contributed by atoms with Crippen LogP contribution >= 0.6 is 41.4 Å². The van der Waals surface area contributed by atoms with Crippen molar-refractivity contribution < 1.29 is 16.8 Å². The van der Waals surface area contributed by atoms with Gasteiger partial charge in [0, 0.05) is 9.79 Å². The molecule has 128 valence electrons. The highest BCUT2D eigenvalue weighted by Crippen LogP contribution is 2.35. The van der Waals surface area contributed by atoms with Crippen molar-refractivity contribution in [2.45, 2.75) is 19.6 Å². The highest BCUT2D eigenvalue weighted by atomic mass is 79.9. The van der Waals surface area contributed by atoms with Crippen molar-refractivity contribution in [3.05, 3.63) is 47.5 Å². The molecule has 0 aliphatic carbocycles. The van der Waals surface area contributed by atoms with Crippen LogP contribution in [0.3, 0.4) is 0 Å². The minimum absolute atomic E-state index is 0.0605. The highest BCUT2D eigenvalue weighted by molar-refractivity contribution is 9.47. The van der Waals surface area contributed by atoms with Crippen LogP contribution in [0, 0.1) is 22.7 Å². The molecule has 2 rings (SSSR count). The Kier molecular flexibility index (Phi) is 5.97. The Hall–Kier alpha value is -1.37. The fourth-order valence-corrected chi connectivity index (χ4v) is 4.92. The van der Waals surface area contributed by atoms with E-state index in [0.717, 1.165) is 11.8 Å². The summed E-state index contributed by atoms with van der Waals surface area (Å²) in [6.45, 7) is 0. The monoisotopic (exact) mass is 520 g/mol. The summed E-state index contributed by atoms with van der Waals surface area (Å²) in [4.78, 5) is 0.756. The molecule has 2 aromatic carbocycles. The van der Waals surface area contributed by atoms with Crippen LogP contribution in [0.25, 0.3) is 0 Å². The Bertz CT molecular complexity index is 1060. The van der Waals surface area contributed by atoms with Crippen LogP contribution in [-0.2, 0) is 16.5 Å². The Morgan fingerprint density at radius 3 is 1.40 bits per heavy atom. The highest BCUT2D eigenvalue weighted by Gasteiger charge is 2.16. The van der Waals surface area contributed by atoms with E-state index < -0.39 is 16.5 Å². The fourth-order valence-electron chi connectivity index (χ4n) is 1.79. The molecule has 0 spiro atoms. The van der Waals surface area contributed by atoms with Crippen molar-refractivity contribution >= 4 is 57.9 Å². The summed E-state index contributed by atoms with van der Waals surface area (Å²) in [6.07, 6.45) is 0. The van der Waals surface area contributed by atoms with E-state index in [0.29, 0.717) is 9.79 Å². The first-order valence-corrected chi connectivity index (χ1v) is 13.7. The molecule has 0 aliphatic heterocycles. The second-order valence-corrected chi connectivity index (χ2v) is 13.4. The maximum absolute atomic E-state index is 11.5. The average Bonchev–Trinajstić information content (AvgIpc) is 2.53. The summed E-state index contributed by atoms with van der Waals surface area (Å²) < 4.78 is 46.0. The van der Waals surface area contributed by atoms with E-state index in [2.05, 4.69) is 29.6 Å². The second-order valence-electron chi connectivity index (χ2n) is 4.52. The molecule has 11 heteroatoms. The lowest BCUT2D eigenvalue weighted by Gasteiger charge is -2.08. The molecule has 25 heavy (non-hydrogen) atoms. The van der Waals surface area contributed by atoms with Crippen molar-refractivity contribution in [3.8, 4) is 12.1 Å². The molecule has 0 radical (unpaired) electrons. The van der Waals surface area contributed by atoms with E-state index in [1.54, 1.807) is 0 Å². The standard InChI is InChI=1S/C14H6Br2N2O4S3/c15-24(19,20)11-1-3-13(9(5-11)7-17)23-14-4-2-12(25(16,21)22)6-10(14)8-18/h1-6H. The molecule has 0 aliphatic rings. The maximum Gasteiger partial charge on any atom is 0.237 e. The van der Waals surface area contributed by atoms with Crippen LogP contribution in [0.1, 0.15) is 11.1 Å². The van der Waals surface area contributed by atoms with E-state index in [9.17, 15) is 27.4 Å². The van der Waals surface area contributed by atoms with E-state index in [1.165, 1.54) is 36.4 Å². The van der Waals surface area contributed by atoms with Gasteiger partial charge in [0.15, 0.2) is 0 Å². The topological polar surface area (TPSA) is 116 Å². The number of nitriles is 2. The zero-order chi connectivity index (χ0) is 18.8. The maximum atomic E-state index is 11.5. The number of hydrogen-bond donors (Lipinski definition) is 0. The van der Waals surface area contributed by atoms with Gasteiger partial charge >= 0.3 is 0 Å². The predicted octanol–water partition coefficient (Wildman–Crippen LogP) is 3.75. The Morgan fingerprint density at radius 1 is 0.760 bits per heavy atom. The fraction of sp³-hybridized carbons (Fsp3) is 0. The number of halogens is 2. The summed E-state index contributed by atoms with van der Waals surface area (Å²) in [5.74, 6) is 0. The number of hydrogen-bond acceptors (Lipinski definition) is 7. The predicted molar refractivity (Wildman–Crippen MR) is 98.7 cm³/mol. The average molecular weight is 522 g/mol. The normalized spacial score (nSPS) is 11.5. The summed E-state index contributed by atoms with van der Waals surface area (Å²) in [5, 5.41) is 18.5. The van der Waals surface area contributed by atoms with E-state index in [4.69, 9.17) is 0 Å². The summed E-state index contributed by atoms with van der Waals surface area (Å²) in [6, 6.07) is 11.8. The smallest absolute Gasteiger partial charge is 0.212 e. The SMILES string of the molecule is N#Cc1cc(S(=O)(=O)Br)ccc1Sc1ccc(S(=O)(=O)Br)cc1C#N. The van der Waals surface area contributed by atoms with Crippen LogP contribution in [0.5, 0.6) is 0 Å². The first kappa shape index (κ1) is 19.9. The van der Waals surface area contributed by atoms with Gasteiger partial charge in [0.25, 0.3) is 0 Å². The molecule has 0 heterocycles. The van der Waals surface area contributed by atoms with Gasteiger partial charge in [0.05, 0.1) is 50.5 Å². The van der Waals surface area contributed by atoms with Crippen LogP contribution in [0.4, 0.5) is 0 Å². The third-order valence-electron chi connectivity index (χ3n) is 2.93. The molecular weight excluding hydrogens is 516 g/mol. The number of benzene rings is 2. The first-order valence-electron chi connectivity index (χ1n) is 6.22. The quantitative estimate of drug-likeness (QED) is 0.562. The van der Waals surface area contributed by atoms with Crippen molar-refractivity contribution in [1.82, 2.24) is 0 Å². The molecule has 0 unspecified atom stereocenters. The lowest BCUT2D eigenvalue weighted by atomic mass is 10.2.